The summed E-state index contributed by atoms with van der Waals surface area (Å²) in [6.07, 6.45) is 3.73. The van der Waals surface area contributed by atoms with Crippen LogP contribution in [-0.4, -0.2) is 35.6 Å². The predicted molar refractivity (Wildman–Crippen MR) is 80.3 cm³/mol. The summed E-state index contributed by atoms with van der Waals surface area (Å²) in [6, 6.07) is 3.91. The molecule has 5 nitrogen and oxygen atoms in total. The van der Waals surface area contributed by atoms with E-state index in [0.717, 1.165) is 5.56 Å². The summed E-state index contributed by atoms with van der Waals surface area (Å²) in [6.45, 7) is 5.18. The highest BCUT2D eigenvalue weighted by Gasteiger charge is 2.37. The monoisotopic (exact) mass is 323 g/mol. The molecule has 1 saturated heterocycles. The molecule has 1 fully saturated rings. The smallest absolute Gasteiger partial charge is 0.243 e. The molecule has 0 spiro atoms. The number of aromatic nitrogens is 2. The minimum absolute atomic E-state index is 0.153. The molecule has 2 aromatic rings. The summed E-state index contributed by atoms with van der Waals surface area (Å²) in [5, 5.41) is 4.21. The second-order valence-electron chi connectivity index (χ2n) is 5.84. The van der Waals surface area contributed by atoms with Gasteiger partial charge in [-0.05, 0) is 43.2 Å². The largest absolute Gasteiger partial charge is 0.272 e. The van der Waals surface area contributed by atoms with Gasteiger partial charge in [-0.25, -0.2) is 12.8 Å². The molecule has 3 rings (SSSR count). The van der Waals surface area contributed by atoms with E-state index in [-0.39, 0.29) is 10.8 Å². The van der Waals surface area contributed by atoms with Crippen LogP contribution in [0.1, 0.15) is 11.1 Å². The first kappa shape index (κ1) is 15.2. The van der Waals surface area contributed by atoms with E-state index in [1.54, 1.807) is 13.1 Å². The van der Waals surface area contributed by atoms with Crippen molar-refractivity contribution in [3.05, 3.63) is 47.5 Å². The van der Waals surface area contributed by atoms with Crippen LogP contribution in [0.2, 0.25) is 0 Å². The van der Waals surface area contributed by atoms with E-state index in [9.17, 15) is 12.8 Å². The van der Waals surface area contributed by atoms with Crippen LogP contribution in [0.3, 0.4) is 0 Å². The Balaban J connectivity index is 1.67. The Morgan fingerprint density at radius 2 is 2.05 bits per heavy atom. The molecule has 0 bridgehead atoms. The Hall–Kier alpha value is -1.73. The minimum Gasteiger partial charge on any atom is -0.272 e. The number of aryl methyl sites for hydroxylation is 2. The van der Waals surface area contributed by atoms with Crippen molar-refractivity contribution in [2.24, 2.45) is 5.92 Å². The lowest BCUT2D eigenvalue weighted by Gasteiger charge is -2.38. The van der Waals surface area contributed by atoms with E-state index in [2.05, 4.69) is 5.10 Å². The van der Waals surface area contributed by atoms with Crippen LogP contribution in [-0.2, 0) is 16.6 Å². The van der Waals surface area contributed by atoms with Crippen LogP contribution in [0.5, 0.6) is 0 Å². The lowest BCUT2D eigenvalue weighted by Crippen LogP contribution is -2.51. The van der Waals surface area contributed by atoms with Gasteiger partial charge in [-0.3, -0.25) is 4.68 Å². The molecule has 118 valence electrons. The summed E-state index contributed by atoms with van der Waals surface area (Å²) < 4.78 is 41.5. The molecule has 0 saturated carbocycles. The van der Waals surface area contributed by atoms with Crippen molar-refractivity contribution in [3.8, 4) is 0 Å². The molecule has 7 heteroatoms. The highest BCUT2D eigenvalue weighted by atomic mass is 32.2. The highest BCUT2D eigenvalue weighted by molar-refractivity contribution is 7.89. The van der Waals surface area contributed by atoms with E-state index in [1.807, 2.05) is 17.8 Å². The maximum Gasteiger partial charge on any atom is 0.243 e. The van der Waals surface area contributed by atoms with E-state index in [1.165, 1.54) is 22.5 Å². The van der Waals surface area contributed by atoms with Crippen LogP contribution < -0.4 is 0 Å². The lowest BCUT2D eigenvalue weighted by molar-refractivity contribution is 0.175. The van der Waals surface area contributed by atoms with E-state index < -0.39 is 15.8 Å². The molecule has 2 heterocycles. The number of halogens is 1. The van der Waals surface area contributed by atoms with Gasteiger partial charge in [-0.1, -0.05) is 0 Å². The van der Waals surface area contributed by atoms with E-state index in [0.29, 0.717) is 25.2 Å². The Morgan fingerprint density at radius 3 is 2.64 bits per heavy atom. The fourth-order valence-electron chi connectivity index (χ4n) is 2.59. The first-order chi connectivity index (χ1) is 10.4. The van der Waals surface area contributed by atoms with E-state index >= 15 is 0 Å². The third-order valence-corrected chi connectivity index (χ3v) is 5.73. The third kappa shape index (κ3) is 2.78. The number of sulfonamides is 1. The zero-order valence-electron chi connectivity index (χ0n) is 12.5. The van der Waals surface area contributed by atoms with Crippen molar-refractivity contribution in [2.75, 3.05) is 13.1 Å². The van der Waals surface area contributed by atoms with Gasteiger partial charge in [-0.2, -0.15) is 9.40 Å². The van der Waals surface area contributed by atoms with Gasteiger partial charge in [0.05, 0.1) is 11.1 Å². The first-order valence-corrected chi connectivity index (χ1v) is 8.55. The molecule has 22 heavy (non-hydrogen) atoms. The Labute approximate surface area is 129 Å². The number of rotatable bonds is 4. The number of hydrogen-bond acceptors (Lipinski definition) is 3. The molecule has 0 aliphatic carbocycles. The highest BCUT2D eigenvalue weighted by Crippen LogP contribution is 2.27. The summed E-state index contributed by atoms with van der Waals surface area (Å²) in [4.78, 5) is 0.153. The van der Waals surface area contributed by atoms with Gasteiger partial charge in [0.15, 0.2) is 0 Å². The van der Waals surface area contributed by atoms with Crippen molar-refractivity contribution in [3.63, 3.8) is 0 Å². The average Bonchev–Trinajstić information content (AvgIpc) is 2.82. The van der Waals surface area contributed by atoms with Crippen molar-refractivity contribution < 1.29 is 12.8 Å². The zero-order valence-corrected chi connectivity index (χ0v) is 13.3. The van der Waals surface area contributed by atoms with Crippen molar-refractivity contribution >= 4 is 10.0 Å². The van der Waals surface area contributed by atoms with Gasteiger partial charge in [0.1, 0.15) is 5.82 Å². The van der Waals surface area contributed by atoms with Gasteiger partial charge in [0, 0.05) is 31.7 Å². The Morgan fingerprint density at radius 1 is 1.32 bits per heavy atom. The van der Waals surface area contributed by atoms with Crippen LogP contribution in [0.25, 0.3) is 0 Å². The zero-order chi connectivity index (χ0) is 15.9. The molecule has 0 atom stereocenters. The second kappa shape index (κ2) is 5.48. The molecule has 1 aromatic heterocycles. The molecule has 1 aliphatic heterocycles. The average molecular weight is 323 g/mol. The van der Waals surface area contributed by atoms with Crippen LogP contribution in [0.15, 0.2) is 35.5 Å². The number of benzene rings is 1. The lowest BCUT2D eigenvalue weighted by atomic mass is 10.0. The molecule has 0 N–H and O–H groups in total. The molecule has 0 amide bonds. The molecular formula is C15H18FN3O2S. The Bertz CT molecular complexity index is 795. The third-order valence-electron chi connectivity index (χ3n) is 3.90. The van der Waals surface area contributed by atoms with Gasteiger partial charge in [0.25, 0.3) is 0 Å². The SMILES string of the molecule is Cc1cnn(CC2CN(S(=O)(=O)c3ccc(F)c(C)c3)C2)c1. The molecular weight excluding hydrogens is 305 g/mol. The normalized spacial score (nSPS) is 16.7. The fraction of sp³-hybridized carbons (Fsp3) is 0.400. The topological polar surface area (TPSA) is 55.2 Å². The Kier molecular flexibility index (Phi) is 3.78. The van der Waals surface area contributed by atoms with Crippen molar-refractivity contribution in [2.45, 2.75) is 25.3 Å². The first-order valence-electron chi connectivity index (χ1n) is 7.11. The van der Waals surface area contributed by atoms with Gasteiger partial charge >= 0.3 is 0 Å². The standard InChI is InChI=1S/C15H18FN3O2S/c1-11-6-17-18(7-11)8-13-9-19(10-13)22(20,21)14-3-4-15(16)12(2)5-14/h3-7,13H,8-10H2,1-2H3. The predicted octanol–water partition coefficient (Wildman–Crippen LogP) is 1.96. The summed E-state index contributed by atoms with van der Waals surface area (Å²) in [5.74, 6) is -0.134. The number of nitrogens with zero attached hydrogens (tertiary/aromatic N) is 3. The molecule has 0 unspecified atom stereocenters. The molecule has 1 aromatic carbocycles. The quantitative estimate of drug-likeness (QED) is 0.864. The number of hydrogen-bond donors (Lipinski definition) is 0. The summed E-state index contributed by atoms with van der Waals surface area (Å²) in [5.41, 5.74) is 1.43. The van der Waals surface area contributed by atoms with Gasteiger partial charge < -0.3 is 0 Å². The van der Waals surface area contributed by atoms with Gasteiger partial charge in [0.2, 0.25) is 10.0 Å². The molecule has 0 radical (unpaired) electrons. The van der Waals surface area contributed by atoms with Crippen LogP contribution >= 0.6 is 0 Å². The van der Waals surface area contributed by atoms with Crippen LogP contribution in [0, 0.1) is 25.6 Å². The summed E-state index contributed by atoms with van der Waals surface area (Å²) >= 11 is 0. The van der Waals surface area contributed by atoms with E-state index in [4.69, 9.17) is 0 Å². The van der Waals surface area contributed by atoms with Crippen molar-refractivity contribution in [1.82, 2.24) is 14.1 Å². The molecule has 1 aliphatic rings. The van der Waals surface area contributed by atoms with Crippen molar-refractivity contribution in [1.29, 1.82) is 0 Å². The van der Waals surface area contributed by atoms with Crippen LogP contribution in [0.4, 0.5) is 4.39 Å². The fourth-order valence-corrected chi connectivity index (χ4v) is 4.27. The minimum atomic E-state index is -3.52. The summed E-state index contributed by atoms with van der Waals surface area (Å²) in [7, 11) is -3.52. The second-order valence-corrected chi connectivity index (χ2v) is 7.78. The maximum absolute atomic E-state index is 13.3. The van der Waals surface area contributed by atoms with Gasteiger partial charge in [-0.15, -0.1) is 0 Å². The maximum atomic E-state index is 13.3.